The largest absolute Gasteiger partial charge is 0.342 e. The molecule has 130 valence electrons. The minimum absolute atomic E-state index is 0.0527. The van der Waals surface area contributed by atoms with Gasteiger partial charge in [0, 0.05) is 36.6 Å². The fourth-order valence-corrected chi connectivity index (χ4v) is 3.77. The van der Waals surface area contributed by atoms with E-state index in [1.165, 1.54) is 0 Å². The van der Waals surface area contributed by atoms with Gasteiger partial charge in [0.1, 0.15) is 5.78 Å². The van der Waals surface area contributed by atoms with Gasteiger partial charge >= 0.3 is 0 Å². The monoisotopic (exact) mass is 337 g/mol. The molecule has 0 saturated carbocycles. The summed E-state index contributed by atoms with van der Waals surface area (Å²) in [5.74, 6) is -0.614. The van der Waals surface area contributed by atoms with Gasteiger partial charge in [-0.1, -0.05) is 60.7 Å². The number of carbonyl (C=O) groups excluding carboxylic acids is 1. The molecule has 0 spiro atoms. The van der Waals surface area contributed by atoms with Crippen LogP contribution in [-0.2, 0) is 20.1 Å². The Labute approximate surface area is 148 Å². The smallest absolute Gasteiger partial charge is 0.222 e. The van der Waals surface area contributed by atoms with Crippen LogP contribution in [0.4, 0.5) is 0 Å². The SMILES string of the molecule is O=C1CCN[C@H]([C@H]2CCOC(c3ccccc3)(c3ccccc3)O2)C1. The lowest BCUT2D eigenvalue weighted by Gasteiger charge is -2.44. The molecular weight excluding hydrogens is 314 g/mol. The van der Waals surface area contributed by atoms with E-state index in [4.69, 9.17) is 9.47 Å². The van der Waals surface area contributed by atoms with E-state index in [1.54, 1.807) is 0 Å². The van der Waals surface area contributed by atoms with E-state index < -0.39 is 5.79 Å². The number of carbonyl (C=O) groups is 1. The number of ether oxygens (including phenoxy) is 2. The summed E-state index contributed by atoms with van der Waals surface area (Å²) in [6.45, 7) is 1.33. The zero-order valence-electron chi connectivity index (χ0n) is 14.2. The molecule has 2 saturated heterocycles. The van der Waals surface area contributed by atoms with Crippen LogP contribution in [0.2, 0.25) is 0 Å². The van der Waals surface area contributed by atoms with Crippen molar-refractivity contribution in [1.82, 2.24) is 5.32 Å². The first-order valence-electron chi connectivity index (χ1n) is 8.96. The first-order chi connectivity index (χ1) is 12.3. The van der Waals surface area contributed by atoms with Gasteiger partial charge in [-0.15, -0.1) is 0 Å². The van der Waals surface area contributed by atoms with Crippen LogP contribution >= 0.6 is 0 Å². The van der Waals surface area contributed by atoms with Crippen molar-refractivity contribution in [1.29, 1.82) is 0 Å². The molecule has 2 aliphatic rings. The maximum Gasteiger partial charge on any atom is 0.222 e. The van der Waals surface area contributed by atoms with Crippen LogP contribution in [0.5, 0.6) is 0 Å². The standard InChI is InChI=1S/C21H23NO3/c23-18-11-13-22-19(15-18)20-12-14-24-21(25-20,16-7-3-1-4-8-16)17-9-5-2-6-10-17/h1-10,19-20,22H,11-15H2/t19-,20+/m0/s1. The van der Waals surface area contributed by atoms with Crippen LogP contribution in [0, 0.1) is 0 Å². The molecule has 4 nitrogen and oxygen atoms in total. The lowest BCUT2D eigenvalue weighted by Crippen LogP contribution is -2.53. The summed E-state index contributed by atoms with van der Waals surface area (Å²) < 4.78 is 12.8. The first kappa shape index (κ1) is 16.5. The predicted molar refractivity (Wildman–Crippen MR) is 95.1 cm³/mol. The topological polar surface area (TPSA) is 47.6 Å². The van der Waals surface area contributed by atoms with Crippen LogP contribution in [0.3, 0.4) is 0 Å². The van der Waals surface area contributed by atoms with Crippen molar-refractivity contribution in [3.8, 4) is 0 Å². The summed E-state index contributed by atoms with van der Waals surface area (Å²) in [4.78, 5) is 11.9. The highest BCUT2D eigenvalue weighted by Gasteiger charge is 2.44. The third-order valence-corrected chi connectivity index (χ3v) is 5.04. The van der Waals surface area contributed by atoms with Gasteiger partial charge < -0.3 is 14.8 Å². The van der Waals surface area contributed by atoms with E-state index in [0.717, 1.165) is 24.1 Å². The van der Waals surface area contributed by atoms with Gasteiger partial charge in [0.05, 0.1) is 12.7 Å². The highest BCUT2D eigenvalue weighted by Crippen LogP contribution is 2.40. The van der Waals surface area contributed by atoms with Gasteiger partial charge in [0.15, 0.2) is 0 Å². The molecule has 4 rings (SSSR count). The van der Waals surface area contributed by atoms with Crippen molar-refractivity contribution in [3.05, 3.63) is 71.8 Å². The molecule has 0 aliphatic carbocycles. The van der Waals surface area contributed by atoms with Crippen LogP contribution in [-0.4, -0.2) is 31.1 Å². The van der Waals surface area contributed by atoms with Gasteiger partial charge in [0.2, 0.25) is 5.79 Å². The summed E-state index contributed by atoms with van der Waals surface area (Å²) in [5, 5.41) is 3.46. The van der Waals surface area contributed by atoms with E-state index >= 15 is 0 Å². The molecule has 0 bridgehead atoms. The number of benzene rings is 2. The van der Waals surface area contributed by atoms with E-state index in [2.05, 4.69) is 5.32 Å². The fourth-order valence-electron chi connectivity index (χ4n) is 3.77. The van der Waals surface area contributed by atoms with E-state index in [9.17, 15) is 4.79 Å². The molecule has 4 heteroatoms. The maximum atomic E-state index is 11.9. The summed E-state index contributed by atoms with van der Waals surface area (Å²) >= 11 is 0. The van der Waals surface area contributed by atoms with Gasteiger partial charge in [-0.25, -0.2) is 0 Å². The van der Waals surface area contributed by atoms with Crippen molar-refractivity contribution in [2.75, 3.05) is 13.2 Å². The Hall–Kier alpha value is -2.01. The molecule has 2 fully saturated rings. The minimum Gasteiger partial charge on any atom is -0.342 e. The molecule has 2 atom stereocenters. The Morgan fingerprint density at radius 1 is 0.960 bits per heavy atom. The van der Waals surface area contributed by atoms with Gasteiger partial charge in [0.25, 0.3) is 0 Å². The van der Waals surface area contributed by atoms with Crippen molar-refractivity contribution >= 4 is 5.78 Å². The summed E-state index contributed by atoms with van der Waals surface area (Å²) in [5.41, 5.74) is 1.96. The number of piperidine rings is 1. The quantitative estimate of drug-likeness (QED) is 0.935. The third-order valence-electron chi connectivity index (χ3n) is 5.04. The van der Waals surface area contributed by atoms with Crippen molar-refractivity contribution in [3.63, 3.8) is 0 Å². The normalized spacial score (nSPS) is 26.3. The van der Waals surface area contributed by atoms with E-state index in [1.807, 2.05) is 60.7 Å². The van der Waals surface area contributed by atoms with Crippen LogP contribution < -0.4 is 5.32 Å². The lowest BCUT2D eigenvalue weighted by molar-refractivity contribution is -0.283. The Kier molecular flexibility index (Phi) is 4.66. The van der Waals surface area contributed by atoms with Gasteiger partial charge in [-0.2, -0.15) is 0 Å². The maximum absolute atomic E-state index is 11.9. The fraction of sp³-hybridized carbons (Fsp3) is 0.381. The average molecular weight is 337 g/mol. The molecule has 0 amide bonds. The molecule has 0 unspecified atom stereocenters. The van der Waals surface area contributed by atoms with Crippen molar-refractivity contribution in [2.24, 2.45) is 0 Å². The van der Waals surface area contributed by atoms with Crippen molar-refractivity contribution < 1.29 is 14.3 Å². The summed E-state index contributed by atoms with van der Waals surface area (Å²) in [7, 11) is 0. The number of hydrogen-bond donors (Lipinski definition) is 1. The Balaban J connectivity index is 1.70. The summed E-state index contributed by atoms with van der Waals surface area (Å²) in [6, 6.07) is 20.2. The zero-order chi connectivity index (χ0) is 17.1. The van der Waals surface area contributed by atoms with E-state index in [-0.39, 0.29) is 12.1 Å². The van der Waals surface area contributed by atoms with Crippen LogP contribution in [0.1, 0.15) is 30.4 Å². The number of hydrogen-bond acceptors (Lipinski definition) is 4. The third kappa shape index (κ3) is 3.25. The highest BCUT2D eigenvalue weighted by molar-refractivity contribution is 5.80. The number of rotatable bonds is 3. The first-order valence-corrected chi connectivity index (χ1v) is 8.96. The Morgan fingerprint density at radius 3 is 2.20 bits per heavy atom. The molecule has 0 aromatic heterocycles. The molecule has 25 heavy (non-hydrogen) atoms. The number of ketones is 1. The van der Waals surface area contributed by atoms with Gasteiger partial charge in [-0.05, 0) is 6.42 Å². The minimum atomic E-state index is -0.923. The molecule has 2 aliphatic heterocycles. The molecular formula is C21H23NO3. The van der Waals surface area contributed by atoms with Crippen molar-refractivity contribution in [2.45, 2.75) is 37.2 Å². The second-order valence-corrected chi connectivity index (χ2v) is 6.70. The predicted octanol–water partition coefficient (Wildman–Crippen LogP) is 3.01. The molecule has 2 heterocycles. The Bertz CT molecular complexity index is 677. The van der Waals surface area contributed by atoms with E-state index in [0.29, 0.717) is 25.2 Å². The lowest BCUT2D eigenvalue weighted by atomic mass is 9.92. The average Bonchev–Trinajstić information content (AvgIpc) is 2.69. The number of Topliss-reactive ketones (excluding diaryl/α,β-unsaturated/α-hetero) is 1. The second-order valence-electron chi connectivity index (χ2n) is 6.70. The summed E-state index contributed by atoms with van der Waals surface area (Å²) in [6.07, 6.45) is 1.87. The molecule has 0 radical (unpaired) electrons. The van der Waals surface area contributed by atoms with Crippen LogP contribution in [0.15, 0.2) is 60.7 Å². The highest BCUT2D eigenvalue weighted by atomic mass is 16.7. The molecule has 2 aromatic rings. The molecule has 2 aromatic carbocycles. The van der Waals surface area contributed by atoms with Gasteiger partial charge in [-0.3, -0.25) is 4.79 Å². The second kappa shape index (κ2) is 7.08. The van der Waals surface area contributed by atoms with Crippen LogP contribution in [0.25, 0.3) is 0 Å². The molecule has 1 N–H and O–H groups in total. The number of nitrogens with one attached hydrogen (secondary N) is 1. The Morgan fingerprint density at radius 2 is 1.60 bits per heavy atom. The zero-order valence-corrected chi connectivity index (χ0v) is 14.2.